The quantitative estimate of drug-likeness (QED) is 0.727. The third-order valence-corrected chi connectivity index (χ3v) is 2.20. The standard InChI is InChI=1S/C12H9FO/c1-2-10-11-5-4-9(14)7-8(11)3-6-12(10)13/h2-7,14H,1H2. The minimum atomic E-state index is -0.293. The zero-order valence-electron chi connectivity index (χ0n) is 7.50. The molecule has 0 unspecified atom stereocenters. The molecule has 2 heteroatoms. The summed E-state index contributed by atoms with van der Waals surface area (Å²) in [4.78, 5) is 0. The van der Waals surface area contributed by atoms with E-state index in [0.717, 1.165) is 10.8 Å². The van der Waals surface area contributed by atoms with E-state index in [4.69, 9.17) is 0 Å². The molecule has 70 valence electrons. The smallest absolute Gasteiger partial charge is 0.131 e. The third-order valence-electron chi connectivity index (χ3n) is 2.20. The van der Waals surface area contributed by atoms with Crippen molar-refractivity contribution in [3.8, 4) is 5.75 Å². The Labute approximate surface area is 81.1 Å². The summed E-state index contributed by atoms with van der Waals surface area (Å²) in [6.45, 7) is 3.56. The molecule has 0 saturated heterocycles. The summed E-state index contributed by atoms with van der Waals surface area (Å²) in [5.74, 6) is -0.114. The molecule has 0 heterocycles. The van der Waals surface area contributed by atoms with Crippen LogP contribution < -0.4 is 0 Å². The molecule has 0 amide bonds. The predicted molar refractivity (Wildman–Crippen MR) is 55.7 cm³/mol. The topological polar surface area (TPSA) is 20.2 Å². The molecule has 2 rings (SSSR count). The number of phenolic OH excluding ortho intramolecular Hbond substituents is 1. The number of hydrogen-bond acceptors (Lipinski definition) is 1. The number of rotatable bonds is 1. The minimum Gasteiger partial charge on any atom is -0.508 e. The normalized spacial score (nSPS) is 10.4. The fourth-order valence-electron chi connectivity index (χ4n) is 1.52. The molecule has 0 spiro atoms. The van der Waals surface area contributed by atoms with Gasteiger partial charge in [0.25, 0.3) is 0 Å². The second kappa shape index (κ2) is 3.14. The van der Waals surface area contributed by atoms with E-state index in [1.54, 1.807) is 18.2 Å². The number of aromatic hydroxyl groups is 1. The lowest BCUT2D eigenvalue weighted by Gasteiger charge is -2.03. The lowest BCUT2D eigenvalue weighted by atomic mass is 10.0. The maximum Gasteiger partial charge on any atom is 0.131 e. The Hall–Kier alpha value is -1.83. The molecule has 1 nitrogen and oxygen atoms in total. The summed E-state index contributed by atoms with van der Waals surface area (Å²) >= 11 is 0. The molecule has 0 aromatic heterocycles. The highest BCUT2D eigenvalue weighted by Gasteiger charge is 2.04. The van der Waals surface area contributed by atoms with E-state index in [0.29, 0.717) is 5.56 Å². The molecule has 0 saturated carbocycles. The molecule has 2 aromatic carbocycles. The van der Waals surface area contributed by atoms with Crippen molar-refractivity contribution >= 4 is 16.8 Å². The zero-order valence-corrected chi connectivity index (χ0v) is 7.50. The molecule has 0 atom stereocenters. The summed E-state index contributed by atoms with van der Waals surface area (Å²) in [5.41, 5.74) is 0.475. The van der Waals surface area contributed by atoms with E-state index in [1.165, 1.54) is 18.2 Å². The third kappa shape index (κ3) is 1.25. The van der Waals surface area contributed by atoms with Gasteiger partial charge in [0, 0.05) is 5.56 Å². The number of hydrogen-bond donors (Lipinski definition) is 1. The van der Waals surface area contributed by atoms with Crippen molar-refractivity contribution in [2.75, 3.05) is 0 Å². The fourth-order valence-corrected chi connectivity index (χ4v) is 1.52. The Morgan fingerprint density at radius 3 is 2.71 bits per heavy atom. The lowest BCUT2D eigenvalue weighted by Crippen LogP contribution is -1.84. The second-order valence-electron chi connectivity index (χ2n) is 3.07. The Morgan fingerprint density at radius 1 is 1.21 bits per heavy atom. The summed E-state index contributed by atoms with van der Waals surface area (Å²) in [6.07, 6.45) is 1.48. The number of halogens is 1. The van der Waals surface area contributed by atoms with E-state index < -0.39 is 0 Å². The Morgan fingerprint density at radius 2 is 2.00 bits per heavy atom. The van der Waals surface area contributed by atoms with E-state index in [2.05, 4.69) is 6.58 Å². The van der Waals surface area contributed by atoms with Crippen LogP contribution in [0, 0.1) is 5.82 Å². The molecule has 0 radical (unpaired) electrons. The molecule has 1 N–H and O–H groups in total. The summed E-state index contributed by atoms with van der Waals surface area (Å²) in [7, 11) is 0. The SMILES string of the molecule is C=Cc1c(F)ccc2cc(O)ccc12. The van der Waals surface area contributed by atoms with Crippen LogP contribution >= 0.6 is 0 Å². The predicted octanol–water partition coefficient (Wildman–Crippen LogP) is 3.33. The van der Waals surface area contributed by atoms with Crippen LogP contribution in [0.5, 0.6) is 5.75 Å². The highest BCUT2D eigenvalue weighted by atomic mass is 19.1. The molecule has 2 aromatic rings. The minimum absolute atomic E-state index is 0.180. The average Bonchev–Trinajstić information content (AvgIpc) is 2.18. The second-order valence-corrected chi connectivity index (χ2v) is 3.07. The summed E-state index contributed by atoms with van der Waals surface area (Å²) in [6, 6.07) is 7.83. The molecule has 14 heavy (non-hydrogen) atoms. The largest absolute Gasteiger partial charge is 0.508 e. The molecule has 0 bridgehead atoms. The van der Waals surface area contributed by atoms with Gasteiger partial charge < -0.3 is 5.11 Å². The maximum atomic E-state index is 13.3. The van der Waals surface area contributed by atoms with Gasteiger partial charge in [-0.3, -0.25) is 0 Å². The van der Waals surface area contributed by atoms with Gasteiger partial charge in [-0.05, 0) is 35.0 Å². The van der Waals surface area contributed by atoms with Gasteiger partial charge in [-0.15, -0.1) is 0 Å². The van der Waals surface area contributed by atoms with Gasteiger partial charge in [-0.2, -0.15) is 0 Å². The molecule has 0 fully saturated rings. The molecular weight excluding hydrogens is 179 g/mol. The van der Waals surface area contributed by atoms with E-state index in [1.807, 2.05) is 0 Å². The van der Waals surface area contributed by atoms with E-state index >= 15 is 0 Å². The molecule has 0 aliphatic carbocycles. The van der Waals surface area contributed by atoms with Gasteiger partial charge >= 0.3 is 0 Å². The van der Waals surface area contributed by atoms with Crippen LogP contribution in [-0.2, 0) is 0 Å². The highest BCUT2D eigenvalue weighted by Crippen LogP contribution is 2.25. The number of phenols is 1. The van der Waals surface area contributed by atoms with E-state index in [9.17, 15) is 9.50 Å². The maximum absolute atomic E-state index is 13.3. The number of fused-ring (bicyclic) bond motifs is 1. The van der Waals surface area contributed by atoms with Gasteiger partial charge in [0.15, 0.2) is 0 Å². The van der Waals surface area contributed by atoms with Gasteiger partial charge in [0.1, 0.15) is 11.6 Å². The van der Waals surface area contributed by atoms with Gasteiger partial charge in [0.05, 0.1) is 0 Å². The molecule has 0 aliphatic rings. The first kappa shape index (κ1) is 8.75. The highest BCUT2D eigenvalue weighted by molar-refractivity contribution is 5.91. The van der Waals surface area contributed by atoms with Crippen LogP contribution in [0.1, 0.15) is 5.56 Å². The van der Waals surface area contributed by atoms with Gasteiger partial charge in [0.2, 0.25) is 0 Å². The number of benzene rings is 2. The first-order chi connectivity index (χ1) is 6.72. The van der Waals surface area contributed by atoms with Crippen molar-refractivity contribution in [2.45, 2.75) is 0 Å². The first-order valence-electron chi connectivity index (χ1n) is 4.26. The fraction of sp³-hybridized carbons (Fsp3) is 0. The van der Waals surface area contributed by atoms with Crippen LogP contribution in [0.25, 0.3) is 16.8 Å². The van der Waals surface area contributed by atoms with Crippen LogP contribution in [0.15, 0.2) is 36.9 Å². The zero-order chi connectivity index (χ0) is 10.1. The van der Waals surface area contributed by atoms with Crippen molar-refractivity contribution in [1.29, 1.82) is 0 Å². The molecular formula is C12H9FO. The average molecular weight is 188 g/mol. The van der Waals surface area contributed by atoms with Gasteiger partial charge in [-0.25, -0.2) is 4.39 Å². The van der Waals surface area contributed by atoms with Crippen molar-refractivity contribution < 1.29 is 9.50 Å². The van der Waals surface area contributed by atoms with Crippen molar-refractivity contribution in [2.24, 2.45) is 0 Å². The lowest BCUT2D eigenvalue weighted by molar-refractivity contribution is 0.476. The van der Waals surface area contributed by atoms with Crippen molar-refractivity contribution in [1.82, 2.24) is 0 Å². The summed E-state index contributed by atoms with van der Waals surface area (Å²) < 4.78 is 13.3. The van der Waals surface area contributed by atoms with Crippen molar-refractivity contribution in [3.63, 3.8) is 0 Å². The van der Waals surface area contributed by atoms with E-state index in [-0.39, 0.29) is 11.6 Å². The van der Waals surface area contributed by atoms with Crippen LogP contribution in [0.2, 0.25) is 0 Å². The molecule has 0 aliphatic heterocycles. The van der Waals surface area contributed by atoms with Crippen LogP contribution in [0.3, 0.4) is 0 Å². The first-order valence-corrected chi connectivity index (χ1v) is 4.26. The van der Waals surface area contributed by atoms with Gasteiger partial charge in [-0.1, -0.05) is 18.7 Å². The van der Waals surface area contributed by atoms with Crippen LogP contribution in [0.4, 0.5) is 4.39 Å². The Kier molecular flexibility index (Phi) is 1.97. The van der Waals surface area contributed by atoms with Crippen LogP contribution in [-0.4, -0.2) is 5.11 Å². The monoisotopic (exact) mass is 188 g/mol. The summed E-state index contributed by atoms with van der Waals surface area (Å²) in [5, 5.41) is 10.8. The Balaban J connectivity index is 2.88. The Bertz CT molecular complexity index is 503. The van der Waals surface area contributed by atoms with Crippen molar-refractivity contribution in [3.05, 3.63) is 48.3 Å².